The smallest absolute Gasteiger partial charge is 0.123 e. The normalized spacial score (nSPS) is 15.5. The SMILES string of the molecule is C=CC1=C(C)CC(c2ccc(F)cc2)=N1. The van der Waals surface area contributed by atoms with Crippen molar-refractivity contribution in [2.45, 2.75) is 13.3 Å². The predicted octanol–water partition coefficient (Wildman–Crippen LogP) is 3.48. The molecule has 0 fully saturated rings. The second-order valence-electron chi connectivity index (χ2n) is 3.61. The Balaban J connectivity index is 2.29. The lowest BCUT2D eigenvalue weighted by molar-refractivity contribution is 0.628. The van der Waals surface area contributed by atoms with Gasteiger partial charge in [0, 0.05) is 6.42 Å². The van der Waals surface area contributed by atoms with Crippen molar-refractivity contribution < 1.29 is 4.39 Å². The van der Waals surface area contributed by atoms with Gasteiger partial charge in [0.2, 0.25) is 0 Å². The summed E-state index contributed by atoms with van der Waals surface area (Å²) in [6, 6.07) is 6.43. The minimum atomic E-state index is -0.217. The molecule has 0 aromatic heterocycles. The summed E-state index contributed by atoms with van der Waals surface area (Å²) >= 11 is 0. The van der Waals surface area contributed by atoms with Crippen LogP contribution in [0.1, 0.15) is 18.9 Å². The van der Waals surface area contributed by atoms with Crippen molar-refractivity contribution >= 4 is 5.71 Å². The van der Waals surface area contributed by atoms with Crippen LogP contribution in [0.15, 0.2) is 53.2 Å². The van der Waals surface area contributed by atoms with Crippen LogP contribution >= 0.6 is 0 Å². The molecule has 0 bridgehead atoms. The maximum atomic E-state index is 12.7. The van der Waals surface area contributed by atoms with E-state index in [1.54, 1.807) is 18.2 Å². The Labute approximate surface area is 88.7 Å². The number of allylic oxidation sites excluding steroid dienone is 2. The quantitative estimate of drug-likeness (QED) is 0.694. The van der Waals surface area contributed by atoms with E-state index in [4.69, 9.17) is 0 Å². The Morgan fingerprint density at radius 3 is 2.53 bits per heavy atom. The predicted molar refractivity (Wildman–Crippen MR) is 60.5 cm³/mol. The third kappa shape index (κ3) is 1.89. The molecule has 2 rings (SSSR count). The number of hydrogen-bond donors (Lipinski definition) is 0. The monoisotopic (exact) mass is 201 g/mol. The van der Waals surface area contributed by atoms with E-state index in [0.29, 0.717) is 0 Å². The summed E-state index contributed by atoms with van der Waals surface area (Å²) in [6.07, 6.45) is 2.58. The highest BCUT2D eigenvalue weighted by atomic mass is 19.1. The fourth-order valence-electron chi connectivity index (χ4n) is 1.65. The second-order valence-corrected chi connectivity index (χ2v) is 3.61. The largest absolute Gasteiger partial charge is 0.253 e. The van der Waals surface area contributed by atoms with Crippen LogP contribution in [0.5, 0.6) is 0 Å². The van der Waals surface area contributed by atoms with Crippen LogP contribution in [-0.4, -0.2) is 5.71 Å². The molecule has 0 saturated heterocycles. The number of rotatable bonds is 2. The van der Waals surface area contributed by atoms with Crippen molar-refractivity contribution in [2.24, 2.45) is 4.99 Å². The van der Waals surface area contributed by atoms with E-state index < -0.39 is 0 Å². The van der Waals surface area contributed by atoms with E-state index >= 15 is 0 Å². The van der Waals surface area contributed by atoms with Gasteiger partial charge < -0.3 is 0 Å². The first-order chi connectivity index (χ1) is 7.20. The second kappa shape index (κ2) is 3.81. The molecule has 1 aromatic rings. The Morgan fingerprint density at radius 2 is 2.00 bits per heavy atom. The molecule has 0 spiro atoms. The first-order valence-corrected chi connectivity index (χ1v) is 4.86. The van der Waals surface area contributed by atoms with Gasteiger partial charge in [-0.2, -0.15) is 0 Å². The molecule has 0 N–H and O–H groups in total. The first kappa shape index (κ1) is 9.84. The summed E-state index contributed by atoms with van der Waals surface area (Å²) in [6.45, 7) is 5.75. The van der Waals surface area contributed by atoms with E-state index in [2.05, 4.69) is 11.6 Å². The van der Waals surface area contributed by atoms with Gasteiger partial charge in [-0.15, -0.1) is 0 Å². The highest BCUT2D eigenvalue weighted by Crippen LogP contribution is 2.23. The molecule has 0 saturated carbocycles. The third-order valence-electron chi connectivity index (χ3n) is 2.50. The molecule has 76 valence electrons. The highest BCUT2D eigenvalue weighted by molar-refractivity contribution is 6.04. The van der Waals surface area contributed by atoms with E-state index in [1.807, 2.05) is 6.92 Å². The number of nitrogens with zero attached hydrogens (tertiary/aromatic N) is 1. The molecule has 0 radical (unpaired) electrons. The summed E-state index contributed by atoms with van der Waals surface area (Å²) in [5.74, 6) is -0.217. The van der Waals surface area contributed by atoms with Crippen LogP contribution in [0.3, 0.4) is 0 Å². The molecule has 1 aromatic carbocycles. The van der Waals surface area contributed by atoms with E-state index in [1.165, 1.54) is 17.7 Å². The van der Waals surface area contributed by atoms with Crippen molar-refractivity contribution in [3.05, 3.63) is 59.6 Å². The molecule has 0 amide bonds. The van der Waals surface area contributed by atoms with E-state index in [-0.39, 0.29) is 5.82 Å². The Kier molecular flexibility index (Phi) is 2.50. The van der Waals surface area contributed by atoms with Gasteiger partial charge in [0.25, 0.3) is 0 Å². The van der Waals surface area contributed by atoms with Gasteiger partial charge in [0.15, 0.2) is 0 Å². The lowest BCUT2D eigenvalue weighted by Crippen LogP contribution is -1.97. The van der Waals surface area contributed by atoms with Crippen molar-refractivity contribution in [3.8, 4) is 0 Å². The number of benzene rings is 1. The van der Waals surface area contributed by atoms with E-state index in [0.717, 1.165) is 23.4 Å². The molecular weight excluding hydrogens is 189 g/mol. The van der Waals surface area contributed by atoms with Crippen molar-refractivity contribution in [3.63, 3.8) is 0 Å². The summed E-state index contributed by atoms with van der Waals surface area (Å²) < 4.78 is 12.7. The molecule has 2 heteroatoms. The number of halogens is 1. The molecule has 0 unspecified atom stereocenters. The number of hydrogen-bond acceptors (Lipinski definition) is 1. The summed E-state index contributed by atoms with van der Waals surface area (Å²) in [7, 11) is 0. The lowest BCUT2D eigenvalue weighted by atomic mass is 10.1. The maximum Gasteiger partial charge on any atom is 0.123 e. The van der Waals surface area contributed by atoms with Crippen molar-refractivity contribution in [1.82, 2.24) is 0 Å². The standard InChI is InChI=1S/C13H12FN/c1-3-12-9(2)8-13(15-12)10-4-6-11(14)7-5-10/h3-7H,1,8H2,2H3. The van der Waals surface area contributed by atoms with Crippen LogP contribution in [0.25, 0.3) is 0 Å². The molecule has 1 nitrogen and oxygen atoms in total. The fourth-order valence-corrected chi connectivity index (χ4v) is 1.65. The van der Waals surface area contributed by atoms with Gasteiger partial charge in [-0.25, -0.2) is 4.39 Å². The Morgan fingerprint density at radius 1 is 1.33 bits per heavy atom. The van der Waals surface area contributed by atoms with Gasteiger partial charge in [-0.05, 0) is 36.3 Å². The average molecular weight is 201 g/mol. The zero-order chi connectivity index (χ0) is 10.8. The summed E-state index contributed by atoms with van der Waals surface area (Å²) in [5, 5.41) is 0. The molecule has 1 heterocycles. The zero-order valence-corrected chi connectivity index (χ0v) is 8.63. The van der Waals surface area contributed by atoms with Crippen LogP contribution in [0.2, 0.25) is 0 Å². The summed E-state index contributed by atoms with van der Waals surface area (Å²) in [4.78, 5) is 4.44. The topological polar surface area (TPSA) is 12.4 Å². The van der Waals surface area contributed by atoms with E-state index in [9.17, 15) is 4.39 Å². The van der Waals surface area contributed by atoms with Crippen molar-refractivity contribution in [2.75, 3.05) is 0 Å². The van der Waals surface area contributed by atoms with Gasteiger partial charge in [-0.1, -0.05) is 18.7 Å². The van der Waals surface area contributed by atoms with Gasteiger partial charge in [0.1, 0.15) is 5.82 Å². The fraction of sp³-hybridized carbons (Fsp3) is 0.154. The minimum absolute atomic E-state index is 0.217. The summed E-state index contributed by atoms with van der Waals surface area (Å²) in [5.41, 5.74) is 4.12. The van der Waals surface area contributed by atoms with Gasteiger partial charge in [0.05, 0.1) is 11.4 Å². The number of aliphatic imine (C=N–C) groups is 1. The lowest BCUT2D eigenvalue weighted by Gasteiger charge is -1.99. The van der Waals surface area contributed by atoms with Gasteiger partial charge in [-0.3, -0.25) is 4.99 Å². The van der Waals surface area contributed by atoms with Gasteiger partial charge >= 0.3 is 0 Å². The zero-order valence-electron chi connectivity index (χ0n) is 8.63. The molecule has 0 atom stereocenters. The van der Waals surface area contributed by atoms with Crippen LogP contribution in [0, 0.1) is 5.82 Å². The molecular formula is C13H12FN. The molecule has 0 aliphatic carbocycles. The molecule has 1 aliphatic rings. The average Bonchev–Trinajstić information content (AvgIpc) is 2.61. The highest BCUT2D eigenvalue weighted by Gasteiger charge is 2.13. The first-order valence-electron chi connectivity index (χ1n) is 4.86. The maximum absolute atomic E-state index is 12.7. The Hall–Kier alpha value is -1.70. The van der Waals surface area contributed by atoms with Crippen LogP contribution in [0.4, 0.5) is 4.39 Å². The molecule has 15 heavy (non-hydrogen) atoms. The van der Waals surface area contributed by atoms with Crippen molar-refractivity contribution in [1.29, 1.82) is 0 Å². The third-order valence-corrected chi connectivity index (χ3v) is 2.50. The minimum Gasteiger partial charge on any atom is -0.253 e. The van der Waals surface area contributed by atoms with Crippen LogP contribution in [-0.2, 0) is 0 Å². The molecule has 1 aliphatic heterocycles. The Bertz CT molecular complexity index is 452. The van der Waals surface area contributed by atoms with Crippen LogP contribution < -0.4 is 0 Å².